The first-order chi connectivity index (χ1) is 9.45. The van der Waals surface area contributed by atoms with Gasteiger partial charge in [-0.05, 0) is 31.0 Å². The zero-order chi connectivity index (χ0) is 14.8. The second-order valence-electron chi connectivity index (χ2n) is 5.99. The lowest BCUT2D eigenvalue weighted by Gasteiger charge is -2.31. The van der Waals surface area contributed by atoms with Gasteiger partial charge in [-0.15, -0.1) is 0 Å². The van der Waals surface area contributed by atoms with Crippen LogP contribution in [0.5, 0.6) is 0 Å². The van der Waals surface area contributed by atoms with Crippen LogP contribution in [0, 0.1) is 11.3 Å². The lowest BCUT2D eigenvalue weighted by molar-refractivity contribution is -0.126. The summed E-state index contributed by atoms with van der Waals surface area (Å²) in [6.45, 7) is 5.88. The number of amides is 1. The number of rotatable bonds is 4. The Balaban J connectivity index is 2.10. The predicted octanol–water partition coefficient (Wildman–Crippen LogP) is 1.72. The summed E-state index contributed by atoms with van der Waals surface area (Å²) in [6.07, 6.45) is 2.60. The van der Waals surface area contributed by atoms with Gasteiger partial charge in [0.15, 0.2) is 0 Å². The Bertz CT molecular complexity index is 461. The minimum Gasteiger partial charge on any atom is -0.363 e. The quantitative estimate of drug-likeness (QED) is 0.879. The number of nitrogens with zero attached hydrogens (tertiary/aromatic N) is 2. The van der Waals surface area contributed by atoms with E-state index in [9.17, 15) is 4.79 Å². The van der Waals surface area contributed by atoms with Crippen LogP contribution in [0.15, 0.2) is 18.3 Å². The fourth-order valence-electron chi connectivity index (χ4n) is 2.64. The molecule has 1 amide bonds. The number of hydrogen-bond donors (Lipinski definition) is 2. The molecule has 0 aliphatic carbocycles. The van der Waals surface area contributed by atoms with E-state index in [2.05, 4.69) is 29.5 Å². The Morgan fingerprint density at radius 1 is 1.45 bits per heavy atom. The maximum atomic E-state index is 12.6. The molecular formula is C15H24N4O. The standard InChI is InChI=1S/C15H24N4O/c1-11(2)15(7-8-16-10-15)14(20)18-12-5-6-13(17-9-12)19(3)4/h5-6,9,11,16H,7-8,10H2,1-4H3,(H,18,20). The van der Waals surface area contributed by atoms with Crippen molar-refractivity contribution in [1.82, 2.24) is 10.3 Å². The third-order valence-electron chi connectivity index (χ3n) is 4.21. The minimum atomic E-state index is -0.305. The molecule has 1 fully saturated rings. The third kappa shape index (κ3) is 2.77. The number of anilines is 2. The highest BCUT2D eigenvalue weighted by Gasteiger charge is 2.43. The Morgan fingerprint density at radius 3 is 2.65 bits per heavy atom. The summed E-state index contributed by atoms with van der Waals surface area (Å²) in [4.78, 5) is 18.9. The maximum absolute atomic E-state index is 12.6. The van der Waals surface area contributed by atoms with E-state index in [-0.39, 0.29) is 11.3 Å². The highest BCUT2D eigenvalue weighted by Crippen LogP contribution is 2.35. The van der Waals surface area contributed by atoms with Crippen LogP contribution in [0.3, 0.4) is 0 Å². The van der Waals surface area contributed by atoms with E-state index in [1.54, 1.807) is 6.20 Å². The molecule has 1 aromatic rings. The number of hydrogen-bond acceptors (Lipinski definition) is 4. The van der Waals surface area contributed by atoms with Crippen LogP contribution in [-0.4, -0.2) is 38.1 Å². The normalized spacial score (nSPS) is 22.1. The second kappa shape index (κ2) is 5.79. The molecule has 5 nitrogen and oxygen atoms in total. The predicted molar refractivity (Wildman–Crippen MR) is 82.0 cm³/mol. The molecule has 1 saturated heterocycles. The van der Waals surface area contributed by atoms with Crippen LogP contribution in [0.1, 0.15) is 20.3 Å². The molecule has 0 aromatic carbocycles. The van der Waals surface area contributed by atoms with Crippen molar-refractivity contribution in [2.24, 2.45) is 11.3 Å². The van der Waals surface area contributed by atoms with E-state index in [1.807, 2.05) is 31.1 Å². The van der Waals surface area contributed by atoms with E-state index < -0.39 is 0 Å². The maximum Gasteiger partial charge on any atom is 0.232 e. The lowest BCUT2D eigenvalue weighted by atomic mass is 9.75. The van der Waals surface area contributed by atoms with Gasteiger partial charge in [-0.3, -0.25) is 4.79 Å². The van der Waals surface area contributed by atoms with Gasteiger partial charge in [0.05, 0.1) is 17.3 Å². The monoisotopic (exact) mass is 276 g/mol. The molecule has 0 saturated carbocycles. The molecule has 2 N–H and O–H groups in total. The molecule has 0 spiro atoms. The van der Waals surface area contributed by atoms with Gasteiger partial charge in [-0.2, -0.15) is 0 Å². The molecule has 5 heteroatoms. The van der Waals surface area contributed by atoms with Crippen molar-refractivity contribution < 1.29 is 4.79 Å². The molecule has 1 aromatic heterocycles. The van der Waals surface area contributed by atoms with E-state index >= 15 is 0 Å². The zero-order valence-electron chi connectivity index (χ0n) is 12.7. The highest BCUT2D eigenvalue weighted by atomic mass is 16.2. The van der Waals surface area contributed by atoms with Gasteiger partial charge in [0.25, 0.3) is 0 Å². The Morgan fingerprint density at radius 2 is 2.20 bits per heavy atom. The van der Waals surface area contributed by atoms with Gasteiger partial charge in [0.2, 0.25) is 5.91 Å². The summed E-state index contributed by atoms with van der Waals surface area (Å²) < 4.78 is 0. The first kappa shape index (κ1) is 14.8. The number of carbonyl (C=O) groups excluding carboxylic acids is 1. The second-order valence-corrected chi connectivity index (χ2v) is 5.99. The van der Waals surface area contributed by atoms with Gasteiger partial charge in [0, 0.05) is 20.6 Å². The molecule has 1 unspecified atom stereocenters. The van der Waals surface area contributed by atoms with Crippen molar-refractivity contribution in [3.8, 4) is 0 Å². The SMILES string of the molecule is CC(C)C1(C(=O)Nc2ccc(N(C)C)nc2)CCNC1. The molecule has 20 heavy (non-hydrogen) atoms. The van der Waals surface area contributed by atoms with Crippen molar-refractivity contribution in [2.75, 3.05) is 37.4 Å². The van der Waals surface area contributed by atoms with Crippen LogP contribution >= 0.6 is 0 Å². The smallest absolute Gasteiger partial charge is 0.232 e. The van der Waals surface area contributed by atoms with Crippen molar-refractivity contribution in [3.05, 3.63) is 18.3 Å². The van der Waals surface area contributed by atoms with E-state index in [1.165, 1.54) is 0 Å². The molecule has 2 heterocycles. The molecule has 2 rings (SSSR count). The van der Waals surface area contributed by atoms with Gasteiger partial charge in [-0.25, -0.2) is 4.98 Å². The Kier molecular flexibility index (Phi) is 4.28. The average molecular weight is 276 g/mol. The first-order valence-corrected chi connectivity index (χ1v) is 7.11. The minimum absolute atomic E-state index is 0.0944. The summed E-state index contributed by atoms with van der Waals surface area (Å²) in [5, 5.41) is 6.31. The molecule has 1 aliphatic rings. The molecule has 1 aliphatic heterocycles. The van der Waals surface area contributed by atoms with Crippen molar-refractivity contribution in [3.63, 3.8) is 0 Å². The lowest BCUT2D eigenvalue weighted by Crippen LogP contribution is -2.42. The van der Waals surface area contributed by atoms with E-state index in [4.69, 9.17) is 0 Å². The van der Waals surface area contributed by atoms with Gasteiger partial charge in [0.1, 0.15) is 5.82 Å². The third-order valence-corrected chi connectivity index (χ3v) is 4.21. The summed E-state index contributed by atoms with van der Waals surface area (Å²) in [5.41, 5.74) is 0.452. The van der Waals surface area contributed by atoms with Crippen LogP contribution < -0.4 is 15.5 Å². The molecule has 110 valence electrons. The van der Waals surface area contributed by atoms with E-state index in [0.717, 1.165) is 31.0 Å². The van der Waals surface area contributed by atoms with E-state index in [0.29, 0.717) is 5.92 Å². The zero-order valence-corrected chi connectivity index (χ0v) is 12.7. The average Bonchev–Trinajstić information content (AvgIpc) is 2.90. The van der Waals surface area contributed by atoms with Crippen LogP contribution in [-0.2, 0) is 4.79 Å². The van der Waals surface area contributed by atoms with Crippen molar-refractivity contribution >= 4 is 17.4 Å². The topological polar surface area (TPSA) is 57.3 Å². The molecule has 1 atom stereocenters. The summed E-state index contributed by atoms with van der Waals surface area (Å²) in [6, 6.07) is 3.81. The fraction of sp³-hybridized carbons (Fsp3) is 0.600. The van der Waals surface area contributed by atoms with Crippen LogP contribution in [0.4, 0.5) is 11.5 Å². The van der Waals surface area contributed by atoms with Crippen molar-refractivity contribution in [1.29, 1.82) is 0 Å². The number of nitrogens with one attached hydrogen (secondary N) is 2. The van der Waals surface area contributed by atoms with Gasteiger partial charge < -0.3 is 15.5 Å². The van der Waals surface area contributed by atoms with Crippen molar-refractivity contribution in [2.45, 2.75) is 20.3 Å². The Hall–Kier alpha value is -1.62. The largest absolute Gasteiger partial charge is 0.363 e. The number of aromatic nitrogens is 1. The molecular weight excluding hydrogens is 252 g/mol. The van der Waals surface area contributed by atoms with Crippen LogP contribution in [0.25, 0.3) is 0 Å². The number of pyridine rings is 1. The summed E-state index contributed by atoms with van der Waals surface area (Å²) >= 11 is 0. The molecule has 0 radical (unpaired) electrons. The van der Waals surface area contributed by atoms with Gasteiger partial charge >= 0.3 is 0 Å². The van der Waals surface area contributed by atoms with Gasteiger partial charge in [-0.1, -0.05) is 13.8 Å². The van der Waals surface area contributed by atoms with Crippen LogP contribution in [0.2, 0.25) is 0 Å². The fourth-order valence-corrected chi connectivity index (χ4v) is 2.64. The Labute approximate surface area is 120 Å². The summed E-state index contributed by atoms with van der Waals surface area (Å²) in [7, 11) is 3.89. The summed E-state index contributed by atoms with van der Waals surface area (Å²) in [5.74, 6) is 1.28. The molecule has 0 bridgehead atoms. The highest BCUT2D eigenvalue weighted by molar-refractivity contribution is 5.95. The number of carbonyl (C=O) groups is 1. The first-order valence-electron chi connectivity index (χ1n) is 7.11.